The van der Waals surface area contributed by atoms with Gasteiger partial charge < -0.3 is 4.57 Å². The lowest BCUT2D eigenvalue weighted by Crippen LogP contribution is -2.02. The first-order valence-corrected chi connectivity index (χ1v) is 19.3. The van der Waals surface area contributed by atoms with E-state index in [9.17, 15) is 0 Å². The van der Waals surface area contributed by atoms with Crippen molar-refractivity contribution in [2.45, 2.75) is 0 Å². The van der Waals surface area contributed by atoms with Gasteiger partial charge in [0.1, 0.15) is 0 Å². The highest BCUT2D eigenvalue weighted by Crippen LogP contribution is 2.40. The third kappa shape index (κ3) is 5.58. The predicted octanol–water partition coefficient (Wildman–Crippen LogP) is 13.6. The van der Waals surface area contributed by atoms with Gasteiger partial charge in [0.05, 0.1) is 11.0 Å². The van der Waals surface area contributed by atoms with E-state index in [0.29, 0.717) is 17.5 Å². The Labute approximate surface area is 330 Å². The average Bonchev–Trinajstić information content (AvgIpc) is 3.63. The SMILES string of the molecule is c1ccc(-c2nc(-c3c(-c4ccccc4)ccc4ccccc34)nc(-c3ccc(-c4ccc(-n5c6ccccc6c6ccccc65)cc4)c4ccccc34)n2)cc1. The zero-order valence-electron chi connectivity index (χ0n) is 30.9. The summed E-state index contributed by atoms with van der Waals surface area (Å²) in [5, 5.41) is 6.96. The lowest BCUT2D eigenvalue weighted by atomic mass is 9.93. The highest BCUT2D eigenvalue weighted by molar-refractivity contribution is 6.09. The summed E-state index contributed by atoms with van der Waals surface area (Å²) in [4.78, 5) is 15.8. The number of nitrogens with zero attached hydrogens (tertiary/aromatic N) is 4. The zero-order valence-corrected chi connectivity index (χ0v) is 30.9. The van der Waals surface area contributed by atoms with Crippen LogP contribution in [-0.2, 0) is 0 Å². The third-order valence-electron chi connectivity index (χ3n) is 11.1. The summed E-state index contributed by atoms with van der Waals surface area (Å²) in [5.41, 5.74) is 10.9. The lowest BCUT2D eigenvalue weighted by Gasteiger charge is -2.16. The molecule has 0 atom stereocenters. The first-order valence-electron chi connectivity index (χ1n) is 19.3. The number of hydrogen-bond donors (Lipinski definition) is 0. The summed E-state index contributed by atoms with van der Waals surface area (Å²) in [6.45, 7) is 0. The average molecular weight is 727 g/mol. The third-order valence-corrected chi connectivity index (χ3v) is 11.1. The largest absolute Gasteiger partial charge is 0.309 e. The Morgan fingerprint density at radius 1 is 0.281 bits per heavy atom. The smallest absolute Gasteiger partial charge is 0.165 e. The van der Waals surface area contributed by atoms with Gasteiger partial charge in [-0.05, 0) is 74.1 Å². The molecule has 0 aliphatic carbocycles. The van der Waals surface area contributed by atoms with E-state index < -0.39 is 0 Å². The summed E-state index contributed by atoms with van der Waals surface area (Å²) >= 11 is 0. The number of fused-ring (bicyclic) bond motifs is 5. The van der Waals surface area contributed by atoms with Crippen molar-refractivity contribution in [1.82, 2.24) is 19.5 Å². The lowest BCUT2D eigenvalue weighted by molar-refractivity contribution is 1.08. The van der Waals surface area contributed by atoms with Gasteiger partial charge in [-0.3, -0.25) is 0 Å². The molecule has 2 heterocycles. The Balaban J connectivity index is 1.08. The maximum absolute atomic E-state index is 5.35. The van der Waals surface area contributed by atoms with Crippen molar-refractivity contribution in [3.8, 4) is 62.1 Å². The molecule has 11 aromatic rings. The van der Waals surface area contributed by atoms with Crippen LogP contribution in [0.25, 0.3) is 105 Å². The Morgan fingerprint density at radius 3 is 1.44 bits per heavy atom. The van der Waals surface area contributed by atoms with Gasteiger partial charge in [0.15, 0.2) is 17.5 Å². The molecule has 266 valence electrons. The van der Waals surface area contributed by atoms with Gasteiger partial charge >= 0.3 is 0 Å². The van der Waals surface area contributed by atoms with Gasteiger partial charge in [-0.1, -0.05) is 176 Å². The Bertz CT molecular complexity index is 3220. The summed E-state index contributed by atoms with van der Waals surface area (Å²) in [6.07, 6.45) is 0. The molecule has 0 amide bonds. The molecule has 9 aromatic carbocycles. The second kappa shape index (κ2) is 13.6. The van der Waals surface area contributed by atoms with E-state index in [-0.39, 0.29) is 0 Å². The maximum Gasteiger partial charge on any atom is 0.165 e. The fraction of sp³-hybridized carbons (Fsp3) is 0. The quantitative estimate of drug-likeness (QED) is 0.171. The highest BCUT2D eigenvalue weighted by Gasteiger charge is 2.20. The second-order valence-electron chi connectivity index (χ2n) is 14.4. The van der Waals surface area contributed by atoms with Crippen LogP contribution in [0.4, 0.5) is 0 Å². The van der Waals surface area contributed by atoms with Crippen LogP contribution in [0, 0.1) is 0 Å². The molecular formula is C53H34N4. The van der Waals surface area contributed by atoms with Crippen molar-refractivity contribution in [1.29, 1.82) is 0 Å². The van der Waals surface area contributed by atoms with E-state index in [0.717, 1.165) is 66.2 Å². The van der Waals surface area contributed by atoms with Gasteiger partial charge in [0, 0.05) is 33.2 Å². The molecule has 0 radical (unpaired) electrons. The van der Waals surface area contributed by atoms with Crippen LogP contribution in [0.3, 0.4) is 0 Å². The van der Waals surface area contributed by atoms with Crippen LogP contribution >= 0.6 is 0 Å². The van der Waals surface area contributed by atoms with E-state index >= 15 is 0 Å². The maximum atomic E-state index is 5.35. The van der Waals surface area contributed by atoms with Crippen molar-refractivity contribution < 1.29 is 0 Å². The number of hydrogen-bond acceptors (Lipinski definition) is 3. The molecule has 0 aliphatic rings. The second-order valence-corrected chi connectivity index (χ2v) is 14.4. The molecule has 0 fully saturated rings. The molecule has 0 unspecified atom stereocenters. The van der Waals surface area contributed by atoms with Crippen LogP contribution < -0.4 is 0 Å². The molecule has 0 spiro atoms. The Morgan fingerprint density at radius 2 is 0.754 bits per heavy atom. The van der Waals surface area contributed by atoms with Crippen molar-refractivity contribution >= 4 is 43.4 Å². The van der Waals surface area contributed by atoms with Crippen LogP contribution in [0.15, 0.2) is 206 Å². The van der Waals surface area contributed by atoms with Crippen LogP contribution in [0.1, 0.15) is 0 Å². The molecule has 0 saturated heterocycles. The minimum atomic E-state index is 0.635. The zero-order chi connectivity index (χ0) is 37.7. The fourth-order valence-corrected chi connectivity index (χ4v) is 8.43. The molecule has 2 aromatic heterocycles. The molecule has 0 aliphatic heterocycles. The van der Waals surface area contributed by atoms with Crippen LogP contribution in [-0.4, -0.2) is 19.5 Å². The number of aromatic nitrogens is 4. The highest BCUT2D eigenvalue weighted by atomic mass is 15.0. The summed E-state index contributed by atoms with van der Waals surface area (Å²) in [6, 6.07) is 72.7. The normalized spacial score (nSPS) is 11.5. The van der Waals surface area contributed by atoms with E-state index in [4.69, 9.17) is 15.0 Å². The molecule has 4 heteroatoms. The van der Waals surface area contributed by atoms with Gasteiger partial charge in [-0.2, -0.15) is 0 Å². The van der Waals surface area contributed by atoms with Crippen molar-refractivity contribution in [2.24, 2.45) is 0 Å². The van der Waals surface area contributed by atoms with Gasteiger partial charge in [0.25, 0.3) is 0 Å². The Kier molecular flexibility index (Phi) is 7.78. The summed E-state index contributed by atoms with van der Waals surface area (Å²) < 4.78 is 2.36. The van der Waals surface area contributed by atoms with E-state index in [1.165, 1.54) is 21.8 Å². The first-order chi connectivity index (χ1) is 28.3. The molecule has 0 N–H and O–H groups in total. The topological polar surface area (TPSA) is 43.6 Å². The predicted molar refractivity (Wildman–Crippen MR) is 236 cm³/mol. The van der Waals surface area contributed by atoms with Crippen molar-refractivity contribution in [2.75, 3.05) is 0 Å². The van der Waals surface area contributed by atoms with Crippen LogP contribution in [0.2, 0.25) is 0 Å². The minimum absolute atomic E-state index is 0.635. The van der Waals surface area contributed by atoms with Crippen molar-refractivity contribution in [3.05, 3.63) is 206 Å². The van der Waals surface area contributed by atoms with Gasteiger partial charge in [0.2, 0.25) is 0 Å². The first kappa shape index (κ1) is 32.7. The standard InChI is InChI=1S/C53H34N4/c1-3-15-35(16-4-1)42-32-29-36-17-7-8-20-41(36)50(42)53-55-51(38-18-5-2-6-19-38)54-52(56-53)47-34-33-40(43-21-9-10-22-44(43)47)37-27-30-39(31-28-37)57-48-25-13-11-23-45(48)46-24-12-14-26-49(46)57/h1-34H. The summed E-state index contributed by atoms with van der Waals surface area (Å²) in [5.74, 6) is 1.91. The molecule has 11 rings (SSSR count). The van der Waals surface area contributed by atoms with E-state index in [1.807, 2.05) is 24.3 Å². The van der Waals surface area contributed by atoms with E-state index in [1.54, 1.807) is 0 Å². The monoisotopic (exact) mass is 726 g/mol. The molecule has 57 heavy (non-hydrogen) atoms. The summed E-state index contributed by atoms with van der Waals surface area (Å²) in [7, 11) is 0. The molecule has 0 bridgehead atoms. The molecule has 4 nitrogen and oxygen atoms in total. The number of rotatable bonds is 6. The molecule has 0 saturated carbocycles. The fourth-order valence-electron chi connectivity index (χ4n) is 8.43. The van der Waals surface area contributed by atoms with E-state index in [2.05, 4.69) is 187 Å². The molecular weight excluding hydrogens is 693 g/mol. The Hall–Kier alpha value is -7.69. The minimum Gasteiger partial charge on any atom is -0.309 e. The van der Waals surface area contributed by atoms with Gasteiger partial charge in [-0.25, -0.2) is 15.0 Å². The number of para-hydroxylation sites is 2. The van der Waals surface area contributed by atoms with Crippen LogP contribution in [0.5, 0.6) is 0 Å². The number of benzene rings is 9. The van der Waals surface area contributed by atoms with Gasteiger partial charge in [-0.15, -0.1) is 0 Å². The van der Waals surface area contributed by atoms with Crippen molar-refractivity contribution in [3.63, 3.8) is 0 Å².